The lowest BCUT2D eigenvalue weighted by Crippen LogP contribution is -2.68. The standard InChI is InChI=1S/C40H59N9O14S/c1-20-11-15-48(26(52)10-13-41)17-24(20)47(3)34-22-12-16-49(35(22)44-19-43-34)40(64)46-23(37(57)59-5)9-7-8-14-42-36(56)33-32(58-4)29(54)30(55)39(63-33)62-31-27(45-21(2)51)38(60-6)61-25(18-50)28(31)53/h12,16,19-20,23-25,27-33,38-39,50,53-55H,7-11,14-15,17-18H2,1-6H3,(H,42,56)(H,45,51)(H,46,64)/t20-,23+,24?,25?,27?,28-,29?,30?,31?,32+,33?,38-,39-/m1/s1. The number of amides is 3. The van der Waals surface area contributed by atoms with Gasteiger partial charge >= 0.3 is 5.97 Å². The molecule has 354 valence electrons. The molecule has 2 aromatic rings. The summed E-state index contributed by atoms with van der Waals surface area (Å²) in [6.07, 6.45) is -8.72. The zero-order valence-corrected chi connectivity index (χ0v) is 37.4. The van der Waals surface area contributed by atoms with E-state index in [4.69, 9.17) is 45.9 Å². The molecule has 13 atom stereocenters. The van der Waals surface area contributed by atoms with Gasteiger partial charge in [-0.05, 0) is 49.9 Å². The summed E-state index contributed by atoms with van der Waals surface area (Å²) in [7, 11) is 5.65. The van der Waals surface area contributed by atoms with Crippen molar-refractivity contribution in [1.82, 2.24) is 35.4 Å². The Balaban J connectivity index is 1.19. The van der Waals surface area contributed by atoms with Crippen LogP contribution in [0.5, 0.6) is 0 Å². The van der Waals surface area contributed by atoms with Crippen LogP contribution in [0, 0.1) is 17.2 Å². The van der Waals surface area contributed by atoms with Gasteiger partial charge in [-0.2, -0.15) is 5.26 Å². The number of aliphatic hydroxyl groups excluding tert-OH is 4. The first-order valence-corrected chi connectivity index (χ1v) is 21.3. The maximum atomic E-state index is 13.5. The number of fused-ring (bicyclic) bond motifs is 1. The number of hydrogen-bond acceptors (Lipinski definition) is 19. The van der Waals surface area contributed by atoms with E-state index in [0.29, 0.717) is 42.8 Å². The van der Waals surface area contributed by atoms with Crippen molar-refractivity contribution in [3.8, 4) is 6.07 Å². The third-order valence-corrected chi connectivity index (χ3v) is 12.2. The highest BCUT2D eigenvalue weighted by Crippen LogP contribution is 2.32. The minimum absolute atomic E-state index is 0.0770. The highest BCUT2D eigenvalue weighted by Gasteiger charge is 2.53. The fourth-order valence-corrected chi connectivity index (χ4v) is 8.58. The van der Waals surface area contributed by atoms with E-state index in [1.807, 2.05) is 24.1 Å². The van der Waals surface area contributed by atoms with E-state index < -0.39 is 91.8 Å². The SMILES string of the molecule is COC(=O)[C@H](CCCCNC(=O)C1O[C@@H](OC2C(NC(C)=O)[C@H](OC)OC(CO)[C@H]2O)C(O)C(O)[C@@H]1OC)NC(=S)n1ccc2c(N(C)C3CN(C(=O)CC#N)CC[C@H]3C)ncnc21. The Bertz CT molecular complexity index is 1990. The molecule has 0 saturated carbocycles. The molecule has 5 heterocycles. The lowest BCUT2D eigenvalue weighted by molar-refractivity contribution is -0.338. The number of rotatable bonds is 17. The number of methoxy groups -OCH3 is 3. The third-order valence-electron chi connectivity index (χ3n) is 11.8. The van der Waals surface area contributed by atoms with E-state index in [0.717, 1.165) is 6.42 Å². The summed E-state index contributed by atoms with van der Waals surface area (Å²) in [5, 5.41) is 61.0. The minimum atomic E-state index is -1.78. The predicted octanol–water partition coefficient (Wildman–Crippen LogP) is -2.36. The van der Waals surface area contributed by atoms with Crippen LogP contribution >= 0.6 is 12.2 Å². The van der Waals surface area contributed by atoms with E-state index in [9.17, 15) is 39.6 Å². The molecule has 64 heavy (non-hydrogen) atoms. The van der Waals surface area contributed by atoms with E-state index in [1.165, 1.54) is 34.6 Å². The van der Waals surface area contributed by atoms with Crippen molar-refractivity contribution in [1.29, 1.82) is 5.26 Å². The Kier molecular flexibility index (Phi) is 18.1. The number of thiocarbonyl (C=S) groups is 1. The number of hydrogen-bond donors (Lipinski definition) is 7. The molecule has 24 heteroatoms. The van der Waals surface area contributed by atoms with Crippen molar-refractivity contribution in [2.45, 2.75) is 119 Å². The van der Waals surface area contributed by atoms with E-state index >= 15 is 0 Å². The van der Waals surface area contributed by atoms with Gasteiger partial charge in [0.15, 0.2) is 29.4 Å². The number of unbranched alkanes of at least 4 members (excludes halogenated alkanes) is 1. The van der Waals surface area contributed by atoms with Gasteiger partial charge in [-0.3, -0.25) is 19.0 Å². The van der Waals surface area contributed by atoms with Gasteiger partial charge in [-0.1, -0.05) is 6.92 Å². The lowest BCUT2D eigenvalue weighted by atomic mass is 9.92. The number of aromatic nitrogens is 3. The summed E-state index contributed by atoms with van der Waals surface area (Å²) in [5.74, 6) is -1.19. The van der Waals surface area contributed by atoms with Crippen LogP contribution in [0.1, 0.15) is 46.0 Å². The van der Waals surface area contributed by atoms with Crippen LogP contribution < -0.4 is 20.9 Å². The largest absolute Gasteiger partial charge is 0.467 e. The summed E-state index contributed by atoms with van der Waals surface area (Å²) in [6, 6.07) is 1.63. The number of aliphatic hydroxyl groups is 4. The Hall–Kier alpha value is -4.68. The number of carbonyl (C=O) groups excluding carboxylic acids is 4. The summed E-state index contributed by atoms with van der Waals surface area (Å²) < 4.78 is 34.6. The molecule has 0 spiro atoms. The van der Waals surface area contributed by atoms with Crippen LogP contribution in [0.4, 0.5) is 5.82 Å². The molecule has 3 aliphatic heterocycles. The second-order valence-corrected chi connectivity index (χ2v) is 16.3. The van der Waals surface area contributed by atoms with Gasteiger partial charge in [0.05, 0.1) is 31.2 Å². The highest BCUT2D eigenvalue weighted by molar-refractivity contribution is 7.80. The van der Waals surface area contributed by atoms with Gasteiger partial charge in [-0.25, -0.2) is 14.8 Å². The van der Waals surface area contributed by atoms with Gasteiger partial charge in [0.25, 0.3) is 5.91 Å². The van der Waals surface area contributed by atoms with Crippen LogP contribution in [0.2, 0.25) is 0 Å². The van der Waals surface area contributed by atoms with Crippen molar-refractivity contribution in [2.24, 2.45) is 5.92 Å². The van der Waals surface area contributed by atoms with Crippen LogP contribution in [-0.2, 0) is 47.6 Å². The van der Waals surface area contributed by atoms with Crippen molar-refractivity contribution in [3.63, 3.8) is 0 Å². The zero-order valence-electron chi connectivity index (χ0n) is 36.6. The van der Waals surface area contributed by atoms with Gasteiger partial charge in [-0.15, -0.1) is 0 Å². The van der Waals surface area contributed by atoms with Crippen molar-refractivity contribution in [3.05, 3.63) is 18.6 Å². The fraction of sp³-hybridized carbons (Fsp3) is 0.700. The number of nitriles is 1. The molecule has 2 aromatic heterocycles. The van der Waals surface area contributed by atoms with Crippen LogP contribution in [0.3, 0.4) is 0 Å². The molecule has 0 bridgehead atoms. The lowest BCUT2D eigenvalue weighted by Gasteiger charge is -2.47. The minimum Gasteiger partial charge on any atom is -0.467 e. The predicted molar refractivity (Wildman–Crippen MR) is 227 cm³/mol. The van der Waals surface area contributed by atoms with Gasteiger partial charge < -0.3 is 74.6 Å². The number of esters is 1. The van der Waals surface area contributed by atoms with E-state index in [2.05, 4.69) is 32.8 Å². The summed E-state index contributed by atoms with van der Waals surface area (Å²) >= 11 is 5.74. The van der Waals surface area contributed by atoms with Crippen molar-refractivity contribution in [2.75, 3.05) is 59.5 Å². The maximum absolute atomic E-state index is 13.5. The second kappa shape index (κ2) is 23.0. The number of piperidine rings is 1. The molecular formula is C40H59N9O14S. The van der Waals surface area contributed by atoms with Crippen LogP contribution in [0.15, 0.2) is 18.6 Å². The molecule has 23 nitrogen and oxygen atoms in total. The first-order chi connectivity index (χ1) is 30.6. The van der Waals surface area contributed by atoms with E-state index in [1.54, 1.807) is 15.7 Å². The average Bonchev–Trinajstić information content (AvgIpc) is 3.72. The Labute approximate surface area is 375 Å². The Morgan fingerprint density at radius 3 is 2.47 bits per heavy atom. The molecule has 3 saturated heterocycles. The molecule has 3 amide bonds. The monoisotopic (exact) mass is 921 g/mol. The number of ether oxygens (including phenoxy) is 6. The summed E-state index contributed by atoms with van der Waals surface area (Å²) in [5.41, 5.74) is 0.483. The molecule has 5 rings (SSSR count). The summed E-state index contributed by atoms with van der Waals surface area (Å²) in [4.78, 5) is 63.8. The molecule has 0 aromatic carbocycles. The molecular weight excluding hydrogens is 863 g/mol. The Morgan fingerprint density at radius 2 is 1.81 bits per heavy atom. The van der Waals surface area contributed by atoms with Crippen LogP contribution in [0.25, 0.3) is 11.0 Å². The first kappa shape index (κ1) is 50.3. The number of carbonyl (C=O) groups is 4. The molecule has 0 radical (unpaired) electrons. The molecule has 3 aliphatic rings. The smallest absolute Gasteiger partial charge is 0.328 e. The molecule has 3 fully saturated rings. The number of likely N-dealkylation sites (N-methyl/N-ethyl adjacent to an activating group) is 1. The maximum Gasteiger partial charge on any atom is 0.328 e. The highest BCUT2D eigenvalue weighted by atomic mass is 32.1. The van der Waals surface area contributed by atoms with Crippen molar-refractivity contribution >= 4 is 57.9 Å². The number of nitrogens with zero attached hydrogens (tertiary/aromatic N) is 6. The average molecular weight is 922 g/mol. The summed E-state index contributed by atoms with van der Waals surface area (Å²) in [6.45, 7) is 3.78. The van der Waals surface area contributed by atoms with E-state index in [-0.39, 0.29) is 42.4 Å². The number of likely N-dealkylation sites (tertiary alicyclic amines) is 1. The normalized spacial score (nSPS) is 29.9. The van der Waals surface area contributed by atoms with Crippen LogP contribution in [-0.4, -0.2) is 197 Å². The molecule has 7 N–H and O–H groups in total. The van der Waals surface area contributed by atoms with Crippen molar-refractivity contribution < 1.29 is 68.0 Å². The third kappa shape index (κ3) is 11.4. The topological polar surface area (TPSA) is 302 Å². The number of nitrogens with one attached hydrogen (secondary N) is 3. The molecule has 0 aliphatic carbocycles. The number of anilines is 1. The first-order valence-electron chi connectivity index (χ1n) is 20.9. The zero-order chi connectivity index (χ0) is 46.8. The second-order valence-electron chi connectivity index (χ2n) is 15.9. The fourth-order valence-electron chi connectivity index (χ4n) is 8.29. The van der Waals surface area contributed by atoms with Gasteiger partial charge in [0.1, 0.15) is 67.3 Å². The quantitative estimate of drug-likeness (QED) is 0.0496. The van der Waals surface area contributed by atoms with Gasteiger partial charge in [0.2, 0.25) is 11.8 Å². The molecule has 7 unspecified atom stereocenters. The van der Waals surface area contributed by atoms with Gasteiger partial charge in [0, 0.05) is 54.0 Å². The Morgan fingerprint density at radius 1 is 1.06 bits per heavy atom.